The number of nitrogens with one attached hydrogen (secondary N) is 1. The molecule has 1 atom stereocenters. The summed E-state index contributed by atoms with van der Waals surface area (Å²) in [6, 6.07) is 8.25. The Morgan fingerprint density at radius 1 is 1.19 bits per heavy atom. The number of fused-ring (bicyclic) bond motifs is 1. The van der Waals surface area contributed by atoms with Crippen LogP contribution < -0.4 is 5.32 Å². The van der Waals surface area contributed by atoms with Crippen LogP contribution in [0.2, 0.25) is 0 Å². The predicted octanol–water partition coefficient (Wildman–Crippen LogP) is 2.54. The third-order valence-electron chi connectivity index (χ3n) is 5.06. The van der Waals surface area contributed by atoms with Gasteiger partial charge in [0.25, 0.3) is 0 Å². The van der Waals surface area contributed by atoms with Crippen molar-refractivity contribution < 1.29 is 4.79 Å². The molecular weight excluding hydrogens is 360 g/mol. The SMILES string of the molecule is CSc1ccc(NC(=O)N2CCN(C3=CC4=NCC(C)N4C=N3)CC2)cc1. The lowest BCUT2D eigenvalue weighted by molar-refractivity contribution is 0.166. The molecule has 1 saturated heterocycles. The van der Waals surface area contributed by atoms with Crippen molar-refractivity contribution >= 4 is 35.7 Å². The van der Waals surface area contributed by atoms with Crippen LogP contribution in [-0.2, 0) is 0 Å². The predicted molar refractivity (Wildman–Crippen MR) is 111 cm³/mol. The topological polar surface area (TPSA) is 63.5 Å². The zero-order chi connectivity index (χ0) is 18.8. The molecule has 1 N–H and O–H groups in total. The van der Waals surface area contributed by atoms with Gasteiger partial charge in [-0.15, -0.1) is 11.8 Å². The molecule has 8 heteroatoms. The summed E-state index contributed by atoms with van der Waals surface area (Å²) in [6.07, 6.45) is 5.96. The van der Waals surface area contributed by atoms with Gasteiger partial charge in [0.2, 0.25) is 0 Å². The lowest BCUT2D eigenvalue weighted by atomic mass is 10.3. The molecule has 2 amide bonds. The first-order valence-electron chi connectivity index (χ1n) is 9.17. The second-order valence-electron chi connectivity index (χ2n) is 6.84. The fourth-order valence-electron chi connectivity index (χ4n) is 3.38. The molecule has 0 radical (unpaired) electrons. The molecule has 0 aliphatic carbocycles. The second-order valence-corrected chi connectivity index (χ2v) is 7.71. The Kier molecular flexibility index (Phi) is 5.07. The average Bonchev–Trinajstić information content (AvgIpc) is 3.09. The van der Waals surface area contributed by atoms with Crippen LogP contribution in [0, 0.1) is 0 Å². The molecule has 0 spiro atoms. The molecule has 3 aliphatic rings. The van der Waals surface area contributed by atoms with Gasteiger partial charge in [-0.3, -0.25) is 4.99 Å². The van der Waals surface area contributed by atoms with Crippen molar-refractivity contribution in [3.63, 3.8) is 0 Å². The average molecular weight is 385 g/mol. The Labute approximate surface area is 163 Å². The second kappa shape index (κ2) is 7.64. The number of rotatable bonds is 3. The van der Waals surface area contributed by atoms with Crippen molar-refractivity contribution in [3.8, 4) is 0 Å². The fraction of sp³-hybridized carbons (Fsp3) is 0.421. The van der Waals surface area contributed by atoms with Crippen molar-refractivity contribution in [2.45, 2.75) is 17.9 Å². The maximum atomic E-state index is 12.5. The zero-order valence-corrected chi connectivity index (χ0v) is 16.4. The number of urea groups is 1. The molecule has 27 heavy (non-hydrogen) atoms. The maximum Gasteiger partial charge on any atom is 0.321 e. The Bertz CT molecular complexity index is 795. The number of piperazine rings is 1. The highest BCUT2D eigenvalue weighted by Crippen LogP contribution is 2.20. The minimum Gasteiger partial charge on any atom is -0.353 e. The van der Waals surface area contributed by atoms with Crippen molar-refractivity contribution in [3.05, 3.63) is 36.2 Å². The van der Waals surface area contributed by atoms with E-state index in [-0.39, 0.29) is 6.03 Å². The summed E-state index contributed by atoms with van der Waals surface area (Å²) in [5.74, 6) is 1.92. The van der Waals surface area contributed by atoms with Crippen molar-refractivity contribution in [1.82, 2.24) is 14.7 Å². The van der Waals surface area contributed by atoms with Crippen LogP contribution in [0.1, 0.15) is 6.92 Å². The number of amidine groups is 1. The molecule has 4 rings (SSSR count). The summed E-state index contributed by atoms with van der Waals surface area (Å²) in [4.78, 5) is 29.0. The highest BCUT2D eigenvalue weighted by molar-refractivity contribution is 7.98. The van der Waals surface area contributed by atoms with E-state index in [4.69, 9.17) is 0 Å². The van der Waals surface area contributed by atoms with Gasteiger partial charge in [0.1, 0.15) is 11.7 Å². The van der Waals surface area contributed by atoms with Gasteiger partial charge in [0.05, 0.1) is 18.9 Å². The van der Waals surface area contributed by atoms with Crippen LogP contribution in [0.4, 0.5) is 10.5 Å². The fourth-order valence-corrected chi connectivity index (χ4v) is 3.78. The van der Waals surface area contributed by atoms with Crippen LogP contribution in [-0.4, -0.2) is 77.9 Å². The van der Waals surface area contributed by atoms with E-state index in [9.17, 15) is 4.79 Å². The summed E-state index contributed by atoms with van der Waals surface area (Å²) in [6.45, 7) is 5.85. The summed E-state index contributed by atoms with van der Waals surface area (Å²) in [5, 5.41) is 2.98. The first-order valence-corrected chi connectivity index (χ1v) is 10.4. The molecule has 3 aliphatic heterocycles. The molecule has 1 unspecified atom stereocenters. The Balaban J connectivity index is 1.31. The number of anilines is 1. The molecule has 1 aromatic rings. The standard InChI is InChI=1S/C19H24N6OS/c1-14-12-20-18-11-17(21-13-25(14)18)23-7-9-24(10-8-23)19(26)22-15-3-5-16(27-2)6-4-15/h3-6,11,13-14H,7-10,12H2,1-2H3,(H,22,26). The number of nitrogens with zero attached hydrogens (tertiary/aromatic N) is 5. The van der Waals surface area contributed by atoms with Crippen LogP contribution in [0.25, 0.3) is 0 Å². The van der Waals surface area contributed by atoms with E-state index in [0.29, 0.717) is 19.1 Å². The van der Waals surface area contributed by atoms with Gasteiger partial charge in [-0.25, -0.2) is 9.79 Å². The van der Waals surface area contributed by atoms with Crippen LogP contribution in [0.15, 0.2) is 51.0 Å². The number of carbonyl (C=O) groups is 1. The molecule has 0 aromatic heterocycles. The van der Waals surface area contributed by atoms with Gasteiger partial charge in [-0.1, -0.05) is 0 Å². The van der Waals surface area contributed by atoms with E-state index >= 15 is 0 Å². The third-order valence-corrected chi connectivity index (χ3v) is 5.81. The van der Waals surface area contributed by atoms with E-state index in [1.165, 1.54) is 4.90 Å². The molecule has 142 valence electrons. The number of thioether (sulfide) groups is 1. The molecular formula is C19H24N6OS. The normalized spacial score (nSPS) is 21.7. The van der Waals surface area contributed by atoms with Crippen LogP contribution in [0.5, 0.6) is 0 Å². The van der Waals surface area contributed by atoms with Crippen LogP contribution >= 0.6 is 11.8 Å². The van der Waals surface area contributed by atoms with Crippen molar-refractivity contribution in [2.24, 2.45) is 9.98 Å². The lowest BCUT2D eigenvalue weighted by Crippen LogP contribution is -2.50. The lowest BCUT2D eigenvalue weighted by Gasteiger charge is -2.37. The van der Waals surface area contributed by atoms with Gasteiger partial charge in [-0.05, 0) is 37.4 Å². The quantitative estimate of drug-likeness (QED) is 0.814. The number of benzene rings is 1. The Morgan fingerprint density at radius 3 is 2.63 bits per heavy atom. The van der Waals surface area contributed by atoms with Gasteiger partial charge in [0.15, 0.2) is 0 Å². The number of aliphatic imine (C=N–C) groups is 2. The summed E-state index contributed by atoms with van der Waals surface area (Å²) in [5.41, 5.74) is 0.827. The van der Waals surface area contributed by atoms with Gasteiger partial charge in [-0.2, -0.15) is 0 Å². The molecule has 0 bridgehead atoms. The number of hydrogen-bond acceptors (Lipinski definition) is 6. The Hall–Kier alpha value is -2.48. The minimum atomic E-state index is -0.0483. The van der Waals surface area contributed by atoms with E-state index in [0.717, 1.165) is 37.0 Å². The number of amides is 2. The van der Waals surface area contributed by atoms with Gasteiger partial charge < -0.3 is 20.0 Å². The molecule has 7 nitrogen and oxygen atoms in total. The molecule has 1 fully saturated rings. The van der Waals surface area contributed by atoms with Gasteiger partial charge >= 0.3 is 6.03 Å². The highest BCUT2D eigenvalue weighted by Gasteiger charge is 2.28. The summed E-state index contributed by atoms with van der Waals surface area (Å²) in [7, 11) is 0. The van der Waals surface area contributed by atoms with Crippen LogP contribution in [0.3, 0.4) is 0 Å². The maximum absolute atomic E-state index is 12.5. The van der Waals surface area contributed by atoms with Crippen molar-refractivity contribution in [1.29, 1.82) is 0 Å². The van der Waals surface area contributed by atoms with E-state index in [2.05, 4.69) is 32.0 Å². The highest BCUT2D eigenvalue weighted by atomic mass is 32.2. The Morgan fingerprint density at radius 2 is 1.93 bits per heavy atom. The largest absolute Gasteiger partial charge is 0.353 e. The minimum absolute atomic E-state index is 0.0483. The first-order chi connectivity index (χ1) is 13.1. The van der Waals surface area contributed by atoms with E-state index in [1.54, 1.807) is 11.8 Å². The van der Waals surface area contributed by atoms with E-state index in [1.807, 2.05) is 47.8 Å². The molecule has 3 heterocycles. The third kappa shape index (κ3) is 3.80. The molecule has 1 aromatic carbocycles. The van der Waals surface area contributed by atoms with Crippen molar-refractivity contribution in [2.75, 3.05) is 44.3 Å². The first kappa shape index (κ1) is 17.9. The van der Waals surface area contributed by atoms with Gasteiger partial charge in [0, 0.05) is 42.8 Å². The molecule has 0 saturated carbocycles. The monoisotopic (exact) mass is 384 g/mol. The summed E-state index contributed by atoms with van der Waals surface area (Å²) < 4.78 is 0. The number of hydrogen-bond donors (Lipinski definition) is 1. The zero-order valence-electron chi connectivity index (χ0n) is 15.6. The number of carbonyl (C=O) groups excluding carboxylic acids is 1. The van der Waals surface area contributed by atoms with E-state index < -0.39 is 0 Å². The summed E-state index contributed by atoms with van der Waals surface area (Å²) >= 11 is 1.69. The smallest absolute Gasteiger partial charge is 0.321 e.